The van der Waals surface area contributed by atoms with Crippen LogP contribution < -0.4 is 10.1 Å². The maximum absolute atomic E-state index is 12.4. The Balaban J connectivity index is 1.71. The van der Waals surface area contributed by atoms with E-state index in [0.29, 0.717) is 5.01 Å². The minimum atomic E-state index is -2.96. The number of aromatic nitrogens is 1. The van der Waals surface area contributed by atoms with E-state index < -0.39 is 12.5 Å². The fourth-order valence-corrected chi connectivity index (χ4v) is 2.92. The number of alkyl halides is 2. The Bertz CT molecular complexity index is 860. The molecule has 7 heteroatoms. The molecule has 3 aromatic rings. The molecule has 0 saturated heterocycles. The molecule has 24 heavy (non-hydrogen) atoms. The Hall–Kier alpha value is -2.80. The van der Waals surface area contributed by atoms with Crippen molar-refractivity contribution in [2.75, 3.05) is 5.32 Å². The van der Waals surface area contributed by atoms with Crippen molar-refractivity contribution < 1.29 is 18.3 Å². The molecule has 1 amide bonds. The lowest BCUT2D eigenvalue weighted by Crippen LogP contribution is -2.11. The number of hydrogen-bond acceptors (Lipinski definition) is 4. The van der Waals surface area contributed by atoms with Gasteiger partial charge >= 0.3 is 6.61 Å². The largest absolute Gasteiger partial charge is 0.433 e. The van der Waals surface area contributed by atoms with Gasteiger partial charge in [-0.3, -0.25) is 4.79 Å². The van der Waals surface area contributed by atoms with Gasteiger partial charge in [0.05, 0.1) is 15.9 Å². The molecule has 0 unspecified atom stereocenters. The van der Waals surface area contributed by atoms with Crippen molar-refractivity contribution in [2.24, 2.45) is 0 Å². The van der Waals surface area contributed by atoms with Crippen LogP contribution in [0.1, 0.15) is 5.01 Å². The number of benzene rings is 2. The van der Waals surface area contributed by atoms with Gasteiger partial charge in [0.2, 0.25) is 5.91 Å². The van der Waals surface area contributed by atoms with Gasteiger partial charge in [0, 0.05) is 6.08 Å². The minimum absolute atomic E-state index is 0.0887. The summed E-state index contributed by atoms with van der Waals surface area (Å²) in [6, 6.07) is 13.7. The van der Waals surface area contributed by atoms with Crippen LogP contribution in [0.15, 0.2) is 54.6 Å². The fourth-order valence-electron chi connectivity index (χ4n) is 2.05. The molecule has 0 spiro atoms. The highest BCUT2D eigenvalue weighted by Crippen LogP contribution is 2.26. The van der Waals surface area contributed by atoms with Crippen molar-refractivity contribution in [1.82, 2.24) is 4.98 Å². The number of amides is 1. The molecule has 1 N–H and O–H groups in total. The van der Waals surface area contributed by atoms with Crippen LogP contribution in [0.25, 0.3) is 16.3 Å². The van der Waals surface area contributed by atoms with Gasteiger partial charge in [-0.2, -0.15) is 8.78 Å². The molecular formula is C17H12F2N2O2S. The molecule has 0 fully saturated rings. The molecule has 0 aliphatic rings. The summed E-state index contributed by atoms with van der Waals surface area (Å²) < 4.78 is 30.1. The molecule has 1 aromatic heterocycles. The third-order valence-corrected chi connectivity index (χ3v) is 4.05. The number of nitrogens with one attached hydrogen (secondary N) is 1. The number of para-hydroxylation sites is 3. The number of carbonyl (C=O) groups excluding carboxylic acids is 1. The first-order valence-corrected chi connectivity index (χ1v) is 7.82. The standard InChI is InChI=1S/C17H12F2N2O2S/c18-17(19)23-13-7-3-1-5-11(13)20-15(22)9-10-16-21-12-6-2-4-8-14(12)24-16/h1-10,17H,(H,20,22)/b10-9+. The number of nitrogens with zero attached hydrogens (tertiary/aromatic N) is 1. The van der Waals surface area contributed by atoms with Crippen LogP contribution in [0.4, 0.5) is 14.5 Å². The van der Waals surface area contributed by atoms with Gasteiger partial charge in [0.1, 0.15) is 10.8 Å². The highest BCUT2D eigenvalue weighted by Gasteiger charge is 2.10. The maximum atomic E-state index is 12.4. The van der Waals surface area contributed by atoms with Crippen LogP contribution in [0.3, 0.4) is 0 Å². The highest BCUT2D eigenvalue weighted by atomic mass is 32.1. The summed E-state index contributed by atoms with van der Waals surface area (Å²) in [6.45, 7) is -2.96. The molecule has 1 heterocycles. The smallest absolute Gasteiger partial charge is 0.387 e. The van der Waals surface area contributed by atoms with Gasteiger partial charge in [0.25, 0.3) is 0 Å². The average Bonchev–Trinajstić information content (AvgIpc) is 2.97. The predicted molar refractivity (Wildman–Crippen MR) is 90.4 cm³/mol. The third kappa shape index (κ3) is 3.94. The molecule has 4 nitrogen and oxygen atoms in total. The number of rotatable bonds is 5. The second-order valence-electron chi connectivity index (χ2n) is 4.72. The number of carbonyl (C=O) groups is 1. The maximum Gasteiger partial charge on any atom is 0.387 e. The van der Waals surface area contributed by atoms with Crippen molar-refractivity contribution in [3.8, 4) is 5.75 Å². The monoisotopic (exact) mass is 346 g/mol. The first kappa shape index (κ1) is 16.1. The van der Waals surface area contributed by atoms with Crippen molar-refractivity contribution >= 4 is 39.2 Å². The number of hydrogen-bond donors (Lipinski definition) is 1. The van der Waals surface area contributed by atoms with Crippen molar-refractivity contribution in [2.45, 2.75) is 6.61 Å². The molecule has 0 bridgehead atoms. The number of halogens is 2. The van der Waals surface area contributed by atoms with Crippen LogP contribution in [0.5, 0.6) is 5.75 Å². The van der Waals surface area contributed by atoms with Crippen LogP contribution in [-0.4, -0.2) is 17.5 Å². The number of fused-ring (bicyclic) bond motifs is 1. The van der Waals surface area contributed by atoms with E-state index >= 15 is 0 Å². The zero-order chi connectivity index (χ0) is 16.9. The summed E-state index contributed by atoms with van der Waals surface area (Å²) in [4.78, 5) is 16.4. The van der Waals surface area contributed by atoms with Crippen molar-refractivity contribution in [3.05, 3.63) is 59.6 Å². The molecule has 3 rings (SSSR count). The lowest BCUT2D eigenvalue weighted by molar-refractivity contribution is -0.111. The predicted octanol–water partition coefficient (Wildman–Crippen LogP) is 4.55. The third-order valence-electron chi connectivity index (χ3n) is 3.05. The van der Waals surface area contributed by atoms with Crippen LogP contribution in [0, 0.1) is 0 Å². The molecule has 0 radical (unpaired) electrons. The molecular weight excluding hydrogens is 334 g/mol. The Kier molecular flexibility index (Phi) is 4.81. The lowest BCUT2D eigenvalue weighted by atomic mass is 10.3. The van der Waals surface area contributed by atoms with Gasteiger partial charge in [-0.05, 0) is 30.3 Å². The highest BCUT2D eigenvalue weighted by molar-refractivity contribution is 7.19. The lowest BCUT2D eigenvalue weighted by Gasteiger charge is -2.10. The molecule has 0 aliphatic carbocycles. The normalized spacial score (nSPS) is 11.3. The number of ether oxygens (including phenoxy) is 1. The van der Waals surface area contributed by atoms with Crippen molar-refractivity contribution in [3.63, 3.8) is 0 Å². The first-order valence-electron chi connectivity index (χ1n) is 7.00. The average molecular weight is 346 g/mol. The van der Waals surface area contributed by atoms with E-state index in [9.17, 15) is 13.6 Å². The zero-order valence-corrected chi connectivity index (χ0v) is 13.1. The quantitative estimate of drug-likeness (QED) is 0.690. The van der Waals surface area contributed by atoms with Gasteiger partial charge in [-0.25, -0.2) is 4.98 Å². The zero-order valence-electron chi connectivity index (χ0n) is 12.3. The van der Waals surface area contributed by atoms with E-state index in [1.54, 1.807) is 18.2 Å². The first-order chi connectivity index (χ1) is 11.6. The molecule has 0 aliphatic heterocycles. The SMILES string of the molecule is O=C(/C=C/c1nc2ccccc2s1)Nc1ccccc1OC(F)F. The van der Waals surface area contributed by atoms with Gasteiger partial charge < -0.3 is 10.1 Å². The summed E-state index contributed by atoms with van der Waals surface area (Å²) in [5.41, 5.74) is 1.04. The minimum Gasteiger partial charge on any atom is -0.433 e. The van der Waals surface area contributed by atoms with Crippen LogP contribution in [-0.2, 0) is 4.79 Å². The van der Waals surface area contributed by atoms with E-state index in [2.05, 4.69) is 15.0 Å². The Labute approximate surface area is 140 Å². The molecule has 0 atom stereocenters. The number of thiazole rings is 1. The molecule has 122 valence electrons. The topological polar surface area (TPSA) is 51.2 Å². The molecule has 2 aromatic carbocycles. The van der Waals surface area contributed by atoms with Gasteiger partial charge in [-0.15, -0.1) is 11.3 Å². The van der Waals surface area contributed by atoms with Gasteiger partial charge in [0.15, 0.2) is 0 Å². The summed E-state index contributed by atoms with van der Waals surface area (Å²) in [7, 11) is 0. The van der Waals surface area contributed by atoms with E-state index in [1.165, 1.54) is 29.5 Å². The second-order valence-corrected chi connectivity index (χ2v) is 5.78. The van der Waals surface area contributed by atoms with E-state index in [0.717, 1.165) is 10.2 Å². The summed E-state index contributed by atoms with van der Waals surface area (Å²) in [5.74, 6) is -0.547. The van der Waals surface area contributed by atoms with E-state index in [-0.39, 0.29) is 11.4 Å². The van der Waals surface area contributed by atoms with E-state index in [4.69, 9.17) is 0 Å². The van der Waals surface area contributed by atoms with Crippen molar-refractivity contribution in [1.29, 1.82) is 0 Å². The van der Waals surface area contributed by atoms with E-state index in [1.807, 2.05) is 24.3 Å². The summed E-state index contributed by atoms with van der Waals surface area (Å²) >= 11 is 1.46. The van der Waals surface area contributed by atoms with Gasteiger partial charge in [-0.1, -0.05) is 24.3 Å². The summed E-state index contributed by atoms with van der Waals surface area (Å²) in [5, 5.41) is 3.20. The number of anilines is 1. The molecule has 0 saturated carbocycles. The van der Waals surface area contributed by atoms with Crippen LogP contribution >= 0.6 is 11.3 Å². The van der Waals surface area contributed by atoms with Crippen LogP contribution in [0.2, 0.25) is 0 Å². The fraction of sp³-hybridized carbons (Fsp3) is 0.0588. The second kappa shape index (κ2) is 7.18. The Morgan fingerprint density at radius 1 is 1.17 bits per heavy atom. The Morgan fingerprint density at radius 2 is 1.92 bits per heavy atom. The summed E-state index contributed by atoms with van der Waals surface area (Å²) in [6.07, 6.45) is 2.88. The Morgan fingerprint density at radius 3 is 2.71 bits per heavy atom.